The van der Waals surface area contributed by atoms with Gasteiger partial charge in [-0.2, -0.15) is 0 Å². The molecule has 1 N–H and O–H groups in total. The smallest absolute Gasteiger partial charge is 0.323 e. The molecule has 0 fully saturated rings. The molecule has 6 nitrogen and oxygen atoms in total. The lowest BCUT2D eigenvalue weighted by atomic mass is 10.3. The fourth-order valence-electron chi connectivity index (χ4n) is 1.49. The molecule has 0 aromatic carbocycles. The number of rotatable bonds is 6. The van der Waals surface area contributed by atoms with Crippen LogP contribution in [0.2, 0.25) is 0 Å². The van der Waals surface area contributed by atoms with Crippen LogP contribution < -0.4 is 0 Å². The predicted octanol–water partition coefficient (Wildman–Crippen LogP) is 0.933. The van der Waals surface area contributed by atoms with Crippen molar-refractivity contribution in [3.05, 3.63) is 15.6 Å². The first-order chi connectivity index (χ1) is 8.45. The van der Waals surface area contributed by atoms with E-state index >= 15 is 0 Å². The Hall–Kier alpha value is -1.47. The van der Waals surface area contributed by atoms with Crippen LogP contribution in [0.1, 0.15) is 20.4 Å². The number of carboxylic acids is 1. The van der Waals surface area contributed by atoms with E-state index in [0.717, 1.165) is 9.88 Å². The number of carboxylic acid groups (broad SMARTS) is 1. The highest BCUT2D eigenvalue weighted by Crippen LogP contribution is 2.18. The van der Waals surface area contributed by atoms with Gasteiger partial charge in [-0.1, -0.05) is 0 Å². The minimum absolute atomic E-state index is 0.234. The standard InChI is InChI=1S/C11H16N2O4S/c1-7-10(12-8(2)18-7)11(16)13(4-5-17-3)6-9(14)15/h4-6H2,1-3H3,(H,14,15). The number of ether oxygens (including phenoxy) is 1. The van der Waals surface area contributed by atoms with Gasteiger partial charge in [-0.15, -0.1) is 11.3 Å². The second kappa shape index (κ2) is 6.46. The van der Waals surface area contributed by atoms with Gasteiger partial charge in [-0.3, -0.25) is 9.59 Å². The van der Waals surface area contributed by atoms with Crippen LogP contribution in [0.15, 0.2) is 0 Å². The summed E-state index contributed by atoms with van der Waals surface area (Å²) < 4.78 is 4.87. The first kappa shape index (κ1) is 14.6. The molecule has 7 heteroatoms. The molecular formula is C11H16N2O4S. The van der Waals surface area contributed by atoms with Gasteiger partial charge in [0.15, 0.2) is 0 Å². The molecule has 0 aliphatic rings. The van der Waals surface area contributed by atoms with Gasteiger partial charge in [-0.25, -0.2) is 4.98 Å². The summed E-state index contributed by atoms with van der Waals surface area (Å²) in [5.41, 5.74) is 0.329. The van der Waals surface area contributed by atoms with Gasteiger partial charge in [0.1, 0.15) is 12.2 Å². The number of carbonyl (C=O) groups is 2. The molecule has 1 heterocycles. The largest absolute Gasteiger partial charge is 0.480 e. The van der Waals surface area contributed by atoms with Gasteiger partial charge in [0.2, 0.25) is 0 Å². The number of hydrogen-bond donors (Lipinski definition) is 1. The van der Waals surface area contributed by atoms with E-state index in [1.807, 2.05) is 6.92 Å². The molecular weight excluding hydrogens is 256 g/mol. The summed E-state index contributed by atoms with van der Waals surface area (Å²) in [4.78, 5) is 29.1. The average Bonchev–Trinajstić information content (AvgIpc) is 2.62. The van der Waals surface area contributed by atoms with Crippen LogP contribution in [0.4, 0.5) is 0 Å². The molecule has 1 aromatic rings. The maximum atomic E-state index is 12.2. The number of nitrogens with zero attached hydrogens (tertiary/aromatic N) is 2. The molecule has 1 aromatic heterocycles. The van der Waals surface area contributed by atoms with E-state index in [2.05, 4.69) is 4.98 Å². The lowest BCUT2D eigenvalue weighted by molar-refractivity contribution is -0.137. The van der Waals surface area contributed by atoms with Crippen LogP contribution in [-0.4, -0.2) is 53.7 Å². The molecule has 0 aliphatic heterocycles. The fraction of sp³-hybridized carbons (Fsp3) is 0.545. The van der Waals surface area contributed by atoms with Gasteiger partial charge in [0, 0.05) is 18.5 Å². The molecule has 0 bridgehead atoms. The van der Waals surface area contributed by atoms with Gasteiger partial charge >= 0.3 is 5.97 Å². The third kappa shape index (κ3) is 3.78. The Morgan fingerprint density at radius 2 is 2.11 bits per heavy atom. The summed E-state index contributed by atoms with van der Waals surface area (Å²) in [6.45, 7) is 3.79. The van der Waals surface area contributed by atoms with Crippen LogP contribution in [0, 0.1) is 13.8 Å². The maximum absolute atomic E-state index is 12.2. The number of aromatic nitrogens is 1. The van der Waals surface area contributed by atoms with E-state index in [4.69, 9.17) is 9.84 Å². The quantitative estimate of drug-likeness (QED) is 0.833. The zero-order chi connectivity index (χ0) is 13.7. The molecule has 100 valence electrons. The van der Waals surface area contributed by atoms with Gasteiger partial charge in [-0.05, 0) is 13.8 Å². The van der Waals surface area contributed by atoms with Crippen molar-refractivity contribution in [2.24, 2.45) is 0 Å². The second-order valence-electron chi connectivity index (χ2n) is 3.75. The van der Waals surface area contributed by atoms with Gasteiger partial charge in [0.05, 0.1) is 11.6 Å². The monoisotopic (exact) mass is 272 g/mol. The van der Waals surface area contributed by atoms with Crippen LogP contribution in [0.25, 0.3) is 0 Å². The Labute approximate surface area is 109 Å². The highest BCUT2D eigenvalue weighted by molar-refractivity contribution is 7.11. The summed E-state index contributed by atoms with van der Waals surface area (Å²) in [6, 6.07) is 0. The van der Waals surface area contributed by atoms with Crippen LogP contribution in [0.3, 0.4) is 0 Å². The highest BCUT2D eigenvalue weighted by Gasteiger charge is 2.22. The van der Waals surface area contributed by atoms with E-state index in [1.165, 1.54) is 23.3 Å². The van der Waals surface area contributed by atoms with Crippen molar-refractivity contribution >= 4 is 23.2 Å². The number of carbonyl (C=O) groups excluding carboxylic acids is 1. The van der Waals surface area contributed by atoms with E-state index < -0.39 is 5.97 Å². The SMILES string of the molecule is COCCN(CC(=O)O)C(=O)c1nc(C)sc1C. The lowest BCUT2D eigenvalue weighted by Crippen LogP contribution is -2.38. The van der Waals surface area contributed by atoms with Gasteiger partial charge in [0.25, 0.3) is 5.91 Å². The molecule has 1 amide bonds. The number of aryl methyl sites for hydroxylation is 2. The lowest BCUT2D eigenvalue weighted by Gasteiger charge is -2.19. The van der Waals surface area contributed by atoms with Crippen molar-refractivity contribution in [1.82, 2.24) is 9.88 Å². The molecule has 0 saturated carbocycles. The topological polar surface area (TPSA) is 79.7 Å². The Kier molecular flexibility index (Phi) is 5.24. The Balaban J connectivity index is 2.87. The molecule has 18 heavy (non-hydrogen) atoms. The van der Waals surface area contributed by atoms with Crippen LogP contribution >= 0.6 is 11.3 Å². The molecule has 0 unspecified atom stereocenters. The minimum atomic E-state index is -1.05. The average molecular weight is 272 g/mol. The first-order valence-electron chi connectivity index (χ1n) is 5.39. The van der Waals surface area contributed by atoms with Crippen LogP contribution in [0.5, 0.6) is 0 Å². The summed E-state index contributed by atoms with van der Waals surface area (Å²) >= 11 is 1.42. The van der Waals surface area contributed by atoms with Crippen molar-refractivity contribution in [2.45, 2.75) is 13.8 Å². The first-order valence-corrected chi connectivity index (χ1v) is 6.21. The number of aliphatic carboxylic acids is 1. The number of hydrogen-bond acceptors (Lipinski definition) is 5. The number of methoxy groups -OCH3 is 1. The predicted molar refractivity (Wildman–Crippen MR) is 67.0 cm³/mol. The molecule has 1 rings (SSSR count). The Bertz CT molecular complexity index is 444. The summed E-state index contributed by atoms with van der Waals surface area (Å²) in [5, 5.41) is 9.59. The van der Waals surface area contributed by atoms with Crippen molar-refractivity contribution < 1.29 is 19.4 Å². The third-order valence-corrected chi connectivity index (χ3v) is 3.17. The molecule has 0 radical (unpaired) electrons. The van der Waals surface area contributed by atoms with Gasteiger partial charge < -0.3 is 14.7 Å². The van der Waals surface area contributed by atoms with Crippen molar-refractivity contribution in [1.29, 1.82) is 0 Å². The summed E-state index contributed by atoms with van der Waals surface area (Å²) in [5.74, 6) is -1.42. The zero-order valence-corrected chi connectivity index (χ0v) is 11.4. The maximum Gasteiger partial charge on any atom is 0.323 e. The molecule has 0 saturated heterocycles. The van der Waals surface area contributed by atoms with Crippen LogP contribution in [-0.2, 0) is 9.53 Å². The van der Waals surface area contributed by atoms with E-state index in [0.29, 0.717) is 12.3 Å². The minimum Gasteiger partial charge on any atom is -0.480 e. The Morgan fingerprint density at radius 3 is 2.56 bits per heavy atom. The van der Waals surface area contributed by atoms with E-state index in [1.54, 1.807) is 6.92 Å². The third-order valence-electron chi connectivity index (χ3n) is 2.28. The summed E-state index contributed by atoms with van der Waals surface area (Å²) in [7, 11) is 1.50. The molecule has 0 aliphatic carbocycles. The number of amides is 1. The van der Waals surface area contributed by atoms with Crippen molar-refractivity contribution in [3.63, 3.8) is 0 Å². The molecule has 0 atom stereocenters. The van der Waals surface area contributed by atoms with Crippen molar-refractivity contribution in [2.75, 3.05) is 26.8 Å². The second-order valence-corrected chi connectivity index (χ2v) is 5.16. The number of thiazole rings is 1. The van der Waals surface area contributed by atoms with E-state index in [-0.39, 0.29) is 19.0 Å². The fourth-order valence-corrected chi connectivity index (χ4v) is 2.30. The zero-order valence-electron chi connectivity index (χ0n) is 10.6. The van der Waals surface area contributed by atoms with E-state index in [9.17, 15) is 9.59 Å². The highest BCUT2D eigenvalue weighted by atomic mass is 32.1. The summed E-state index contributed by atoms with van der Waals surface area (Å²) in [6.07, 6.45) is 0. The normalized spacial score (nSPS) is 10.4. The van der Waals surface area contributed by atoms with Crippen molar-refractivity contribution in [3.8, 4) is 0 Å². The molecule has 0 spiro atoms. The Morgan fingerprint density at radius 1 is 1.44 bits per heavy atom.